The number of hydrogen-bond donors (Lipinski definition) is 1. The van der Waals surface area contributed by atoms with Crippen molar-refractivity contribution in [2.45, 2.75) is 38.5 Å². The molecule has 0 aromatic heterocycles. The Balaban J connectivity index is 0.00000162. The SMILES string of the molecule is CC(C)NC1CC(c2ccc(Cl)cc2)OC1=O.Cl. The Morgan fingerprint density at radius 3 is 2.50 bits per heavy atom. The minimum atomic E-state index is -0.198. The first-order chi connectivity index (χ1) is 8.06. The predicted molar refractivity (Wildman–Crippen MR) is 74.2 cm³/mol. The van der Waals surface area contributed by atoms with Crippen molar-refractivity contribution in [2.75, 3.05) is 0 Å². The van der Waals surface area contributed by atoms with Crippen molar-refractivity contribution in [1.82, 2.24) is 5.32 Å². The Hall–Kier alpha value is -0.770. The molecule has 2 atom stereocenters. The van der Waals surface area contributed by atoms with Gasteiger partial charge in [-0.1, -0.05) is 37.6 Å². The number of rotatable bonds is 3. The van der Waals surface area contributed by atoms with Crippen LogP contribution in [0.5, 0.6) is 0 Å². The molecule has 1 N–H and O–H groups in total. The first-order valence-corrected chi connectivity index (χ1v) is 6.16. The molecule has 0 saturated carbocycles. The summed E-state index contributed by atoms with van der Waals surface area (Å²) in [6.45, 7) is 4.03. The van der Waals surface area contributed by atoms with Crippen molar-refractivity contribution in [3.8, 4) is 0 Å². The second kappa shape index (κ2) is 6.41. The van der Waals surface area contributed by atoms with E-state index in [0.717, 1.165) is 5.56 Å². The molecule has 1 aliphatic heterocycles. The van der Waals surface area contributed by atoms with Gasteiger partial charge in [0.2, 0.25) is 0 Å². The van der Waals surface area contributed by atoms with E-state index in [-0.39, 0.29) is 36.6 Å². The molecule has 0 bridgehead atoms. The second-order valence-electron chi connectivity index (χ2n) is 4.59. The zero-order valence-corrected chi connectivity index (χ0v) is 11.9. The van der Waals surface area contributed by atoms with Gasteiger partial charge in [-0.2, -0.15) is 0 Å². The average Bonchev–Trinajstić information content (AvgIpc) is 2.60. The molecular weight excluding hydrogens is 273 g/mol. The quantitative estimate of drug-likeness (QED) is 0.869. The molecule has 2 unspecified atom stereocenters. The summed E-state index contributed by atoms with van der Waals surface area (Å²) >= 11 is 5.82. The van der Waals surface area contributed by atoms with Crippen LogP contribution in [0.4, 0.5) is 0 Å². The Morgan fingerprint density at radius 2 is 1.94 bits per heavy atom. The largest absolute Gasteiger partial charge is 0.456 e. The number of ether oxygens (including phenoxy) is 1. The zero-order chi connectivity index (χ0) is 12.4. The Bertz CT molecular complexity index is 406. The monoisotopic (exact) mass is 289 g/mol. The van der Waals surface area contributed by atoms with Crippen LogP contribution in [-0.2, 0) is 9.53 Å². The topological polar surface area (TPSA) is 38.3 Å². The van der Waals surface area contributed by atoms with Crippen molar-refractivity contribution < 1.29 is 9.53 Å². The number of carbonyl (C=O) groups is 1. The highest BCUT2D eigenvalue weighted by molar-refractivity contribution is 6.30. The van der Waals surface area contributed by atoms with Crippen molar-refractivity contribution >= 4 is 30.0 Å². The van der Waals surface area contributed by atoms with Gasteiger partial charge in [0.25, 0.3) is 0 Å². The molecule has 1 aromatic carbocycles. The Kier molecular flexibility index (Phi) is 5.45. The summed E-state index contributed by atoms with van der Waals surface area (Å²) in [5, 5.41) is 3.89. The molecule has 5 heteroatoms. The zero-order valence-electron chi connectivity index (χ0n) is 10.4. The van der Waals surface area contributed by atoms with E-state index in [1.54, 1.807) is 0 Å². The van der Waals surface area contributed by atoms with Crippen molar-refractivity contribution in [3.63, 3.8) is 0 Å². The predicted octanol–water partition coefficient (Wildman–Crippen LogP) is 3.12. The maximum atomic E-state index is 11.6. The van der Waals surface area contributed by atoms with E-state index in [0.29, 0.717) is 11.4 Å². The van der Waals surface area contributed by atoms with Crippen LogP contribution in [0.3, 0.4) is 0 Å². The van der Waals surface area contributed by atoms with Gasteiger partial charge in [0.05, 0.1) is 0 Å². The highest BCUT2D eigenvalue weighted by Crippen LogP contribution is 2.30. The first-order valence-electron chi connectivity index (χ1n) is 5.78. The van der Waals surface area contributed by atoms with Crippen molar-refractivity contribution in [2.24, 2.45) is 0 Å². The number of nitrogens with one attached hydrogen (secondary N) is 1. The van der Waals surface area contributed by atoms with Crippen LogP contribution in [0.15, 0.2) is 24.3 Å². The number of esters is 1. The molecule has 0 radical (unpaired) electrons. The van der Waals surface area contributed by atoms with Gasteiger partial charge in [-0.3, -0.25) is 4.79 Å². The molecule has 1 saturated heterocycles. The van der Waals surface area contributed by atoms with E-state index in [9.17, 15) is 4.79 Å². The minimum absolute atomic E-state index is 0. The van der Waals surface area contributed by atoms with Gasteiger partial charge in [0.15, 0.2) is 0 Å². The molecule has 1 fully saturated rings. The molecule has 1 aliphatic rings. The third-order valence-corrected chi connectivity index (χ3v) is 3.02. The molecule has 1 heterocycles. The number of benzene rings is 1. The Morgan fingerprint density at radius 1 is 1.33 bits per heavy atom. The molecule has 1 aromatic rings. The third kappa shape index (κ3) is 3.61. The van der Waals surface area contributed by atoms with E-state index in [1.807, 2.05) is 38.1 Å². The summed E-state index contributed by atoms with van der Waals surface area (Å²) in [4.78, 5) is 11.6. The molecule has 18 heavy (non-hydrogen) atoms. The first kappa shape index (κ1) is 15.3. The van der Waals surface area contributed by atoms with E-state index >= 15 is 0 Å². The molecule has 3 nitrogen and oxygen atoms in total. The highest BCUT2D eigenvalue weighted by atomic mass is 35.5. The lowest BCUT2D eigenvalue weighted by Gasteiger charge is -2.11. The van der Waals surface area contributed by atoms with Gasteiger partial charge in [-0.15, -0.1) is 12.4 Å². The lowest BCUT2D eigenvalue weighted by molar-refractivity contribution is -0.143. The van der Waals surface area contributed by atoms with Gasteiger partial charge >= 0.3 is 5.97 Å². The highest BCUT2D eigenvalue weighted by Gasteiger charge is 2.35. The molecule has 0 aliphatic carbocycles. The summed E-state index contributed by atoms with van der Waals surface area (Å²) in [5.74, 6) is -0.168. The normalized spacial score (nSPS) is 22.8. The fraction of sp³-hybridized carbons (Fsp3) is 0.462. The van der Waals surface area contributed by atoms with E-state index in [2.05, 4.69) is 5.32 Å². The van der Waals surface area contributed by atoms with Crippen LogP contribution >= 0.6 is 24.0 Å². The summed E-state index contributed by atoms with van der Waals surface area (Å²) in [7, 11) is 0. The minimum Gasteiger partial charge on any atom is -0.456 e. The smallest absolute Gasteiger partial charge is 0.323 e. The fourth-order valence-electron chi connectivity index (χ4n) is 2.00. The number of hydrogen-bond acceptors (Lipinski definition) is 3. The number of carbonyl (C=O) groups excluding carboxylic acids is 1. The van der Waals surface area contributed by atoms with Crippen LogP contribution in [0.2, 0.25) is 5.02 Å². The Labute approximate surface area is 118 Å². The molecule has 2 rings (SSSR count). The maximum absolute atomic E-state index is 11.6. The van der Waals surface area contributed by atoms with Crippen LogP contribution in [0.25, 0.3) is 0 Å². The molecule has 100 valence electrons. The van der Waals surface area contributed by atoms with Gasteiger partial charge < -0.3 is 10.1 Å². The van der Waals surface area contributed by atoms with Gasteiger partial charge in [0.1, 0.15) is 12.1 Å². The van der Waals surface area contributed by atoms with Gasteiger partial charge in [0, 0.05) is 17.5 Å². The van der Waals surface area contributed by atoms with Gasteiger partial charge in [-0.05, 0) is 17.7 Å². The fourth-order valence-corrected chi connectivity index (χ4v) is 2.13. The standard InChI is InChI=1S/C13H16ClNO2.ClH/c1-8(2)15-11-7-12(17-13(11)16)9-3-5-10(14)6-4-9;/h3-6,8,11-12,15H,7H2,1-2H3;1H. The second-order valence-corrected chi connectivity index (χ2v) is 5.02. The van der Waals surface area contributed by atoms with Gasteiger partial charge in [-0.25, -0.2) is 0 Å². The van der Waals surface area contributed by atoms with E-state index < -0.39 is 0 Å². The third-order valence-electron chi connectivity index (χ3n) is 2.77. The molecule has 0 spiro atoms. The average molecular weight is 290 g/mol. The summed E-state index contributed by atoms with van der Waals surface area (Å²) < 4.78 is 5.36. The van der Waals surface area contributed by atoms with E-state index in [4.69, 9.17) is 16.3 Å². The summed E-state index contributed by atoms with van der Waals surface area (Å²) in [5.41, 5.74) is 0.996. The maximum Gasteiger partial charge on any atom is 0.323 e. The van der Waals surface area contributed by atoms with Crippen LogP contribution in [0, 0.1) is 0 Å². The van der Waals surface area contributed by atoms with Crippen LogP contribution in [0.1, 0.15) is 31.9 Å². The molecule has 0 amide bonds. The number of halogens is 2. The molecular formula is C13H17Cl2NO2. The van der Waals surface area contributed by atoms with Crippen molar-refractivity contribution in [3.05, 3.63) is 34.9 Å². The van der Waals surface area contributed by atoms with Crippen LogP contribution < -0.4 is 5.32 Å². The summed E-state index contributed by atoms with van der Waals surface area (Å²) in [6.07, 6.45) is 0.523. The van der Waals surface area contributed by atoms with E-state index in [1.165, 1.54) is 0 Å². The lowest BCUT2D eigenvalue weighted by atomic mass is 10.0. The number of cyclic esters (lactones) is 1. The summed E-state index contributed by atoms with van der Waals surface area (Å²) in [6, 6.07) is 7.50. The lowest BCUT2D eigenvalue weighted by Crippen LogP contribution is -2.37. The van der Waals surface area contributed by atoms with Crippen LogP contribution in [-0.4, -0.2) is 18.1 Å². The van der Waals surface area contributed by atoms with Crippen molar-refractivity contribution in [1.29, 1.82) is 0 Å².